The highest BCUT2D eigenvalue weighted by Crippen LogP contribution is 2.33. The van der Waals surface area contributed by atoms with Gasteiger partial charge in [0.05, 0.1) is 18.5 Å². The predicted octanol–water partition coefficient (Wildman–Crippen LogP) is 0.600. The quantitative estimate of drug-likeness (QED) is 0.861. The van der Waals surface area contributed by atoms with E-state index in [1.807, 2.05) is 13.2 Å². The zero-order valence-corrected chi connectivity index (χ0v) is 14.0. The van der Waals surface area contributed by atoms with E-state index in [4.69, 9.17) is 4.74 Å². The van der Waals surface area contributed by atoms with E-state index in [2.05, 4.69) is 14.9 Å². The van der Waals surface area contributed by atoms with Crippen LogP contribution in [0, 0.1) is 5.92 Å². The fourth-order valence-electron chi connectivity index (χ4n) is 2.92. The molecule has 8 nitrogen and oxygen atoms in total. The second-order valence-corrected chi connectivity index (χ2v) is 7.50. The molecule has 23 heavy (non-hydrogen) atoms. The Morgan fingerprint density at radius 3 is 2.87 bits per heavy atom. The largest absolute Gasteiger partial charge is 0.373 e. The Labute approximate surface area is 135 Å². The molecule has 1 fully saturated rings. The summed E-state index contributed by atoms with van der Waals surface area (Å²) in [5.74, 6) is 0.0796. The molecule has 1 N–H and O–H groups in total. The van der Waals surface area contributed by atoms with Crippen LogP contribution in [-0.4, -0.2) is 41.1 Å². The molecule has 0 aliphatic carbocycles. The maximum atomic E-state index is 12.4. The molecule has 2 atom stereocenters. The molecule has 0 spiro atoms. The van der Waals surface area contributed by atoms with Gasteiger partial charge in [-0.1, -0.05) is 0 Å². The molecule has 1 aliphatic rings. The number of nitrogens with one attached hydrogen (secondary N) is 1. The van der Waals surface area contributed by atoms with Gasteiger partial charge in [0.25, 0.3) is 10.0 Å². The number of aryl methyl sites for hydroxylation is 2. The number of hydrogen-bond donors (Lipinski definition) is 1. The zero-order valence-electron chi connectivity index (χ0n) is 13.2. The minimum atomic E-state index is -3.57. The Kier molecular flexibility index (Phi) is 4.51. The van der Waals surface area contributed by atoms with Crippen LogP contribution >= 0.6 is 0 Å². The fourth-order valence-corrected chi connectivity index (χ4v) is 4.14. The summed E-state index contributed by atoms with van der Waals surface area (Å²) in [6.45, 7) is 1.01. The fraction of sp³-hybridized carbons (Fsp3) is 0.571. The summed E-state index contributed by atoms with van der Waals surface area (Å²) < 4.78 is 36.4. The second-order valence-electron chi connectivity index (χ2n) is 5.79. The van der Waals surface area contributed by atoms with Crippen LogP contribution in [0.1, 0.15) is 24.5 Å². The van der Waals surface area contributed by atoms with Crippen molar-refractivity contribution in [3.05, 3.63) is 30.2 Å². The van der Waals surface area contributed by atoms with Crippen molar-refractivity contribution in [2.24, 2.45) is 20.0 Å². The van der Waals surface area contributed by atoms with Gasteiger partial charge in [0.2, 0.25) is 0 Å². The topological polar surface area (TPSA) is 91.0 Å². The van der Waals surface area contributed by atoms with E-state index in [1.165, 1.54) is 16.9 Å². The third-order valence-electron chi connectivity index (χ3n) is 4.08. The third-order valence-corrected chi connectivity index (χ3v) is 5.58. The zero-order chi connectivity index (χ0) is 16.4. The highest BCUT2D eigenvalue weighted by Gasteiger charge is 2.30. The van der Waals surface area contributed by atoms with Crippen LogP contribution in [0.4, 0.5) is 0 Å². The summed E-state index contributed by atoms with van der Waals surface area (Å²) in [6.07, 6.45) is 6.86. The van der Waals surface area contributed by atoms with Gasteiger partial charge >= 0.3 is 0 Å². The normalized spacial score (nSPS) is 22.3. The first kappa shape index (κ1) is 16.2. The lowest BCUT2D eigenvalue weighted by Crippen LogP contribution is -2.35. The molecule has 1 saturated heterocycles. The molecular formula is C14H21N5O3S. The summed E-state index contributed by atoms with van der Waals surface area (Å²) in [5, 5.41) is 8.24. The molecule has 0 bridgehead atoms. The van der Waals surface area contributed by atoms with Crippen molar-refractivity contribution in [1.29, 1.82) is 0 Å². The van der Waals surface area contributed by atoms with Crippen molar-refractivity contribution in [2.75, 3.05) is 13.2 Å². The number of aromatic nitrogens is 4. The molecule has 0 radical (unpaired) electrons. The first-order chi connectivity index (χ1) is 11.0. The molecule has 0 amide bonds. The highest BCUT2D eigenvalue weighted by atomic mass is 32.2. The number of rotatable bonds is 5. The van der Waals surface area contributed by atoms with Crippen LogP contribution in [0.5, 0.6) is 0 Å². The Balaban J connectivity index is 1.72. The van der Waals surface area contributed by atoms with E-state index in [1.54, 1.807) is 17.9 Å². The van der Waals surface area contributed by atoms with Crippen molar-refractivity contribution in [3.63, 3.8) is 0 Å². The van der Waals surface area contributed by atoms with E-state index < -0.39 is 10.0 Å². The second kappa shape index (κ2) is 6.42. The monoisotopic (exact) mass is 339 g/mol. The van der Waals surface area contributed by atoms with Crippen molar-refractivity contribution < 1.29 is 13.2 Å². The molecule has 0 saturated carbocycles. The highest BCUT2D eigenvalue weighted by molar-refractivity contribution is 7.89. The molecule has 0 aromatic carbocycles. The van der Waals surface area contributed by atoms with Gasteiger partial charge in [-0.3, -0.25) is 9.36 Å². The number of ether oxygens (including phenoxy) is 1. The van der Waals surface area contributed by atoms with Gasteiger partial charge in [-0.2, -0.15) is 10.2 Å². The Hall–Kier alpha value is -1.71. The van der Waals surface area contributed by atoms with E-state index in [0.29, 0.717) is 13.2 Å². The van der Waals surface area contributed by atoms with Crippen LogP contribution in [0.3, 0.4) is 0 Å². The van der Waals surface area contributed by atoms with Crippen molar-refractivity contribution in [1.82, 2.24) is 24.3 Å². The van der Waals surface area contributed by atoms with Gasteiger partial charge in [-0.15, -0.1) is 0 Å². The van der Waals surface area contributed by atoms with Crippen molar-refractivity contribution in [2.45, 2.75) is 24.0 Å². The van der Waals surface area contributed by atoms with Crippen LogP contribution in [0.15, 0.2) is 29.7 Å². The summed E-state index contributed by atoms with van der Waals surface area (Å²) in [6, 6.07) is 1.48. The lowest BCUT2D eigenvalue weighted by atomic mass is 9.91. The van der Waals surface area contributed by atoms with Gasteiger partial charge < -0.3 is 4.74 Å². The molecule has 1 aliphatic heterocycles. The van der Waals surface area contributed by atoms with Gasteiger partial charge in [-0.25, -0.2) is 13.1 Å². The molecule has 3 heterocycles. The van der Waals surface area contributed by atoms with Gasteiger partial charge in [0.15, 0.2) is 5.03 Å². The summed E-state index contributed by atoms with van der Waals surface area (Å²) in [7, 11) is -0.112. The van der Waals surface area contributed by atoms with Gasteiger partial charge in [-0.05, 0) is 18.9 Å². The van der Waals surface area contributed by atoms with Gasteiger partial charge in [0.1, 0.15) is 0 Å². The molecule has 9 heteroatoms. The smallest absolute Gasteiger partial charge is 0.257 e. The van der Waals surface area contributed by atoms with Gasteiger partial charge in [0, 0.05) is 44.9 Å². The molecule has 126 valence electrons. The lowest BCUT2D eigenvalue weighted by Gasteiger charge is -2.31. The van der Waals surface area contributed by atoms with Crippen molar-refractivity contribution in [3.8, 4) is 0 Å². The molecule has 0 unspecified atom stereocenters. The minimum absolute atomic E-state index is 0.0796. The maximum absolute atomic E-state index is 12.4. The number of nitrogens with zero attached hydrogens (tertiary/aromatic N) is 4. The van der Waals surface area contributed by atoms with Crippen LogP contribution in [-0.2, 0) is 28.9 Å². The minimum Gasteiger partial charge on any atom is -0.373 e. The maximum Gasteiger partial charge on any atom is 0.257 e. The Bertz CT molecular complexity index is 767. The van der Waals surface area contributed by atoms with E-state index in [9.17, 15) is 8.42 Å². The Morgan fingerprint density at radius 2 is 2.22 bits per heavy atom. The third kappa shape index (κ3) is 3.46. The van der Waals surface area contributed by atoms with E-state index in [0.717, 1.165) is 18.4 Å². The molecule has 2 aromatic rings. The predicted molar refractivity (Wildman–Crippen MR) is 83.0 cm³/mol. The summed E-state index contributed by atoms with van der Waals surface area (Å²) in [4.78, 5) is 0. The number of sulfonamides is 1. The first-order valence-corrected chi connectivity index (χ1v) is 9.03. The van der Waals surface area contributed by atoms with Crippen LogP contribution < -0.4 is 4.72 Å². The van der Waals surface area contributed by atoms with E-state index in [-0.39, 0.29) is 17.0 Å². The standard InChI is InChI=1S/C14H21N5O3S/c1-18-10-12(8-16-18)14-11(4-3-7-22-14)9-17-23(20,21)13-5-6-15-19(13)2/h5-6,8,10-11,14,17H,3-4,7,9H2,1-2H3/t11-,14+/m0/s1. The summed E-state index contributed by atoms with van der Waals surface area (Å²) >= 11 is 0. The SMILES string of the molecule is Cn1cc([C@@H]2OCCC[C@H]2CNS(=O)(=O)c2ccnn2C)cn1. The molecular weight excluding hydrogens is 318 g/mol. The molecule has 3 rings (SSSR count). The average Bonchev–Trinajstić information content (AvgIpc) is 3.14. The first-order valence-electron chi connectivity index (χ1n) is 7.55. The average molecular weight is 339 g/mol. The Morgan fingerprint density at radius 1 is 1.39 bits per heavy atom. The summed E-state index contributed by atoms with van der Waals surface area (Å²) in [5.41, 5.74) is 0.983. The molecule has 2 aromatic heterocycles. The van der Waals surface area contributed by atoms with Crippen LogP contribution in [0.25, 0.3) is 0 Å². The lowest BCUT2D eigenvalue weighted by molar-refractivity contribution is -0.0262. The van der Waals surface area contributed by atoms with Crippen molar-refractivity contribution >= 4 is 10.0 Å². The van der Waals surface area contributed by atoms with Crippen LogP contribution in [0.2, 0.25) is 0 Å². The number of hydrogen-bond acceptors (Lipinski definition) is 5. The van der Waals surface area contributed by atoms with E-state index >= 15 is 0 Å².